The Hall–Kier alpha value is -3.14. The molecule has 1 saturated carbocycles. The number of rotatable bonds is 9. The monoisotopic (exact) mass is 430 g/mol. The molecule has 0 spiro atoms. The lowest BCUT2D eigenvalue weighted by Crippen LogP contribution is -2.32. The van der Waals surface area contributed by atoms with Gasteiger partial charge in [0.1, 0.15) is 0 Å². The molecule has 2 heterocycles. The Morgan fingerprint density at radius 1 is 1.17 bits per heavy atom. The first-order chi connectivity index (χ1) is 14.5. The molecule has 2 aromatic heterocycles. The van der Waals surface area contributed by atoms with Gasteiger partial charge in [-0.1, -0.05) is 18.2 Å². The van der Waals surface area contributed by atoms with Crippen LogP contribution in [0.1, 0.15) is 25.3 Å². The van der Waals surface area contributed by atoms with E-state index in [4.69, 9.17) is 4.42 Å². The molecule has 0 radical (unpaired) electrons. The van der Waals surface area contributed by atoms with Crippen molar-refractivity contribution in [3.8, 4) is 11.6 Å². The predicted molar refractivity (Wildman–Crippen MR) is 109 cm³/mol. The number of amides is 1. The van der Waals surface area contributed by atoms with E-state index in [1.807, 2.05) is 0 Å². The second-order valence-electron chi connectivity index (χ2n) is 7.14. The summed E-state index contributed by atoms with van der Waals surface area (Å²) in [5, 5.41) is 7.02. The predicted octanol–water partition coefficient (Wildman–Crippen LogP) is 1.62. The number of sulfone groups is 1. The van der Waals surface area contributed by atoms with Crippen LogP contribution in [-0.4, -0.2) is 41.0 Å². The van der Waals surface area contributed by atoms with Crippen molar-refractivity contribution in [2.24, 2.45) is 0 Å². The van der Waals surface area contributed by atoms with Crippen LogP contribution in [0.5, 0.6) is 0 Å². The Kier molecular flexibility index (Phi) is 5.58. The zero-order valence-corrected chi connectivity index (χ0v) is 17.0. The van der Waals surface area contributed by atoms with Crippen LogP contribution in [0.2, 0.25) is 0 Å². The van der Waals surface area contributed by atoms with Gasteiger partial charge in [-0.05, 0) is 37.1 Å². The maximum Gasteiger partial charge on any atom is 0.346 e. The lowest BCUT2D eigenvalue weighted by atomic mass is 10.4. The molecule has 9 nitrogen and oxygen atoms in total. The highest BCUT2D eigenvalue weighted by Gasteiger charge is 2.31. The summed E-state index contributed by atoms with van der Waals surface area (Å²) < 4.78 is 32.8. The molecular formula is C20H22N4O5S. The molecule has 0 saturated heterocycles. The molecule has 1 fully saturated rings. The van der Waals surface area contributed by atoms with Crippen molar-refractivity contribution in [2.75, 3.05) is 12.3 Å². The van der Waals surface area contributed by atoms with Crippen molar-refractivity contribution < 1.29 is 17.6 Å². The molecule has 10 heteroatoms. The van der Waals surface area contributed by atoms with Gasteiger partial charge in [0.25, 0.3) is 0 Å². The Labute approximate surface area is 173 Å². The minimum atomic E-state index is -3.51. The third-order valence-electron chi connectivity index (χ3n) is 4.87. The highest BCUT2D eigenvalue weighted by atomic mass is 32.2. The number of aromatic nitrogens is 3. The van der Waals surface area contributed by atoms with Crippen LogP contribution in [0.25, 0.3) is 11.6 Å². The number of nitrogens with zero attached hydrogens (tertiary/aromatic N) is 3. The molecule has 1 N–H and O–H groups in total. The van der Waals surface area contributed by atoms with Crippen LogP contribution in [-0.2, 0) is 21.2 Å². The first kappa shape index (κ1) is 20.1. The average molecular weight is 430 g/mol. The minimum absolute atomic E-state index is 0.129. The average Bonchev–Trinajstić information content (AvgIpc) is 3.31. The smallest absolute Gasteiger partial charge is 0.346 e. The van der Waals surface area contributed by atoms with E-state index in [9.17, 15) is 18.0 Å². The standard InChI is InChI=1S/C20H22N4O5S/c25-18(10-14-30(27,28)16-5-2-1-3-6-16)21-11-12-23-20(26)24(15-8-9-15)19(22-23)17-7-4-13-29-17/h1-7,13,15H,8-12,14H2,(H,21,25). The largest absolute Gasteiger partial charge is 0.461 e. The molecule has 158 valence electrons. The topological polar surface area (TPSA) is 116 Å². The molecule has 1 aromatic carbocycles. The van der Waals surface area contributed by atoms with Gasteiger partial charge in [-0.2, -0.15) is 0 Å². The van der Waals surface area contributed by atoms with Gasteiger partial charge >= 0.3 is 5.69 Å². The van der Waals surface area contributed by atoms with Crippen molar-refractivity contribution in [3.05, 3.63) is 59.2 Å². The van der Waals surface area contributed by atoms with Crippen molar-refractivity contribution in [2.45, 2.75) is 36.7 Å². The second-order valence-corrected chi connectivity index (χ2v) is 9.25. The maximum atomic E-state index is 12.7. The van der Waals surface area contributed by atoms with Crippen molar-refractivity contribution in [1.82, 2.24) is 19.7 Å². The Bertz CT molecular complexity index is 1180. The first-order valence-electron chi connectivity index (χ1n) is 9.73. The van der Waals surface area contributed by atoms with Crippen molar-refractivity contribution >= 4 is 15.7 Å². The fourth-order valence-corrected chi connectivity index (χ4v) is 4.43. The van der Waals surface area contributed by atoms with E-state index < -0.39 is 15.7 Å². The summed E-state index contributed by atoms with van der Waals surface area (Å²) in [6.45, 7) is 0.354. The van der Waals surface area contributed by atoms with E-state index in [-0.39, 0.29) is 41.9 Å². The normalized spacial score (nSPS) is 14.0. The van der Waals surface area contributed by atoms with Crippen molar-refractivity contribution in [3.63, 3.8) is 0 Å². The van der Waals surface area contributed by atoms with Gasteiger partial charge < -0.3 is 9.73 Å². The van der Waals surface area contributed by atoms with Crippen LogP contribution in [0.3, 0.4) is 0 Å². The van der Waals surface area contributed by atoms with Gasteiger partial charge in [0, 0.05) is 19.0 Å². The zero-order valence-electron chi connectivity index (χ0n) is 16.2. The lowest BCUT2D eigenvalue weighted by molar-refractivity contribution is -0.120. The van der Waals surface area contributed by atoms with Gasteiger partial charge in [-0.15, -0.1) is 5.10 Å². The van der Waals surface area contributed by atoms with Gasteiger partial charge in [-0.25, -0.2) is 17.9 Å². The molecule has 0 aliphatic heterocycles. The Balaban J connectivity index is 1.34. The third-order valence-corrected chi connectivity index (χ3v) is 6.60. The zero-order chi connectivity index (χ0) is 21.1. The Morgan fingerprint density at radius 2 is 1.93 bits per heavy atom. The summed E-state index contributed by atoms with van der Waals surface area (Å²) in [5.41, 5.74) is -0.246. The van der Waals surface area contributed by atoms with Gasteiger partial charge in [-0.3, -0.25) is 9.36 Å². The van der Waals surface area contributed by atoms with Gasteiger partial charge in [0.2, 0.25) is 11.7 Å². The van der Waals surface area contributed by atoms with Crippen LogP contribution >= 0.6 is 0 Å². The summed E-state index contributed by atoms with van der Waals surface area (Å²) in [4.78, 5) is 25.0. The maximum absolute atomic E-state index is 12.7. The molecule has 0 bridgehead atoms. The van der Waals surface area contributed by atoms with E-state index >= 15 is 0 Å². The summed E-state index contributed by atoms with van der Waals surface area (Å²) in [6.07, 6.45) is 3.22. The summed E-state index contributed by atoms with van der Waals surface area (Å²) in [5.74, 6) is 0.331. The minimum Gasteiger partial charge on any atom is -0.461 e. The fourth-order valence-electron chi connectivity index (χ4n) is 3.16. The lowest BCUT2D eigenvalue weighted by Gasteiger charge is -2.06. The first-order valence-corrected chi connectivity index (χ1v) is 11.4. The highest BCUT2D eigenvalue weighted by molar-refractivity contribution is 7.91. The number of hydrogen-bond acceptors (Lipinski definition) is 6. The summed E-state index contributed by atoms with van der Waals surface area (Å²) >= 11 is 0. The molecule has 0 unspecified atom stereocenters. The number of nitrogens with one attached hydrogen (secondary N) is 1. The van der Waals surface area contributed by atoms with Crippen LogP contribution < -0.4 is 11.0 Å². The molecule has 1 aliphatic carbocycles. The van der Waals surface area contributed by atoms with E-state index in [1.54, 1.807) is 34.9 Å². The SMILES string of the molecule is O=C(CCS(=O)(=O)c1ccccc1)NCCn1nc(-c2ccco2)n(C2CC2)c1=O. The van der Waals surface area contributed by atoms with E-state index in [0.29, 0.717) is 11.6 Å². The quantitative estimate of drug-likeness (QED) is 0.551. The molecule has 3 aromatic rings. The van der Waals surface area contributed by atoms with E-state index in [0.717, 1.165) is 12.8 Å². The number of carbonyl (C=O) groups excluding carboxylic acids is 1. The Morgan fingerprint density at radius 3 is 2.60 bits per heavy atom. The number of hydrogen-bond donors (Lipinski definition) is 1. The van der Waals surface area contributed by atoms with Crippen LogP contribution in [0.4, 0.5) is 0 Å². The van der Waals surface area contributed by atoms with E-state index in [2.05, 4.69) is 10.4 Å². The highest BCUT2D eigenvalue weighted by Crippen LogP contribution is 2.36. The van der Waals surface area contributed by atoms with E-state index in [1.165, 1.54) is 23.1 Å². The molecule has 1 amide bonds. The fraction of sp³-hybridized carbons (Fsp3) is 0.350. The second kappa shape index (κ2) is 8.31. The van der Waals surface area contributed by atoms with Gasteiger partial charge in [0.15, 0.2) is 15.6 Å². The molecule has 4 rings (SSSR count). The van der Waals surface area contributed by atoms with Crippen LogP contribution in [0, 0.1) is 0 Å². The number of furan rings is 1. The van der Waals surface area contributed by atoms with Gasteiger partial charge in [0.05, 0.1) is 23.5 Å². The molecular weight excluding hydrogens is 408 g/mol. The van der Waals surface area contributed by atoms with Crippen LogP contribution in [0.15, 0.2) is 62.8 Å². The van der Waals surface area contributed by atoms with Crippen molar-refractivity contribution in [1.29, 1.82) is 0 Å². The summed E-state index contributed by atoms with van der Waals surface area (Å²) in [7, 11) is -3.51. The molecule has 0 atom stereocenters. The summed E-state index contributed by atoms with van der Waals surface area (Å²) in [6, 6.07) is 11.6. The number of carbonyl (C=O) groups is 1. The third kappa shape index (κ3) is 4.38. The molecule has 1 aliphatic rings. The molecule has 30 heavy (non-hydrogen) atoms. The number of benzene rings is 1.